The predicted octanol–water partition coefficient (Wildman–Crippen LogP) is -0.573. The summed E-state index contributed by atoms with van der Waals surface area (Å²) in [5.41, 5.74) is 4.33. The van der Waals surface area contributed by atoms with Crippen LogP contribution in [0.3, 0.4) is 0 Å². The molecule has 2 aliphatic heterocycles. The van der Waals surface area contributed by atoms with Gasteiger partial charge in [-0.25, -0.2) is 20.6 Å². The number of fused-ring (bicyclic) bond motifs is 2. The fourth-order valence-corrected chi connectivity index (χ4v) is 3.67. The van der Waals surface area contributed by atoms with Crippen molar-refractivity contribution in [3.8, 4) is 11.5 Å². The van der Waals surface area contributed by atoms with E-state index in [0.717, 1.165) is 53.9 Å². The van der Waals surface area contributed by atoms with Gasteiger partial charge in [0.15, 0.2) is 24.8 Å². The maximum absolute atomic E-state index is 5.47. The first-order chi connectivity index (χ1) is 14.1. The van der Waals surface area contributed by atoms with Crippen LogP contribution >= 0.6 is 0 Å². The van der Waals surface area contributed by atoms with Gasteiger partial charge < -0.3 is 9.47 Å². The number of guanidine groups is 1. The van der Waals surface area contributed by atoms with E-state index >= 15 is 0 Å². The third-order valence-corrected chi connectivity index (χ3v) is 5.20. The molecule has 1 atom stereocenters. The molecule has 3 heterocycles. The van der Waals surface area contributed by atoms with Gasteiger partial charge in [0.1, 0.15) is 6.54 Å². The van der Waals surface area contributed by atoms with Crippen LogP contribution in [0.4, 0.5) is 5.95 Å². The number of anilines is 1. The normalized spacial score (nSPS) is 17.7. The summed E-state index contributed by atoms with van der Waals surface area (Å²) in [6, 6.07) is 12.3. The summed E-state index contributed by atoms with van der Waals surface area (Å²) in [5.74, 6) is 3.06. The number of ether oxygens (including phenoxy) is 2. The molecule has 1 unspecified atom stereocenters. The number of aromatic nitrogens is 2. The number of aryl methyl sites for hydroxylation is 2. The monoisotopic (exact) mass is 392 g/mol. The summed E-state index contributed by atoms with van der Waals surface area (Å²) in [6.07, 6.45) is 0. The van der Waals surface area contributed by atoms with E-state index < -0.39 is 0 Å². The van der Waals surface area contributed by atoms with Gasteiger partial charge in [0.05, 0.1) is 11.2 Å². The molecule has 3 aromatic rings. The quantitative estimate of drug-likeness (QED) is 0.478. The van der Waals surface area contributed by atoms with Gasteiger partial charge in [-0.1, -0.05) is 11.6 Å². The van der Waals surface area contributed by atoms with Gasteiger partial charge >= 0.3 is 5.96 Å². The minimum absolute atomic E-state index is 0.304. The van der Waals surface area contributed by atoms with Crippen molar-refractivity contribution in [2.24, 2.45) is 0 Å². The largest absolute Gasteiger partial charge is 0.454 e. The van der Waals surface area contributed by atoms with E-state index in [0.29, 0.717) is 12.7 Å². The molecule has 2 aromatic carbocycles. The zero-order valence-electron chi connectivity index (χ0n) is 16.5. The minimum Gasteiger partial charge on any atom is -0.454 e. The lowest BCUT2D eigenvalue weighted by Gasteiger charge is -2.20. The van der Waals surface area contributed by atoms with Crippen molar-refractivity contribution in [3.05, 3.63) is 53.2 Å². The van der Waals surface area contributed by atoms with Gasteiger partial charge in [0.25, 0.3) is 5.95 Å². The van der Waals surface area contributed by atoms with Crippen molar-refractivity contribution < 1.29 is 19.4 Å². The highest BCUT2D eigenvalue weighted by Gasteiger charge is 2.22. The van der Waals surface area contributed by atoms with Crippen LogP contribution in [0.25, 0.3) is 10.9 Å². The Kier molecular flexibility index (Phi) is 4.40. The molecule has 0 aliphatic carbocycles. The van der Waals surface area contributed by atoms with Gasteiger partial charge in [-0.05, 0) is 44.2 Å². The first kappa shape index (κ1) is 17.7. The van der Waals surface area contributed by atoms with Gasteiger partial charge in [-0.15, -0.1) is 0 Å². The van der Waals surface area contributed by atoms with Gasteiger partial charge in [-0.3, -0.25) is 4.90 Å². The van der Waals surface area contributed by atoms with E-state index in [1.807, 2.05) is 19.1 Å². The topological polar surface area (TPSA) is 86.7 Å². The van der Waals surface area contributed by atoms with Crippen molar-refractivity contribution in [1.82, 2.24) is 15.3 Å². The fraction of sp³-hybridized carbons (Fsp3) is 0.286. The molecule has 0 amide bonds. The molecule has 0 saturated heterocycles. The Morgan fingerprint density at radius 3 is 2.86 bits per heavy atom. The molecule has 0 bridgehead atoms. The van der Waals surface area contributed by atoms with Crippen LogP contribution in [-0.4, -0.2) is 36.1 Å². The highest BCUT2D eigenvalue weighted by molar-refractivity contribution is 5.89. The Morgan fingerprint density at radius 2 is 2.00 bits per heavy atom. The van der Waals surface area contributed by atoms with Crippen LogP contribution in [0.2, 0.25) is 0 Å². The van der Waals surface area contributed by atoms with E-state index in [-0.39, 0.29) is 0 Å². The van der Waals surface area contributed by atoms with Crippen molar-refractivity contribution in [3.63, 3.8) is 0 Å². The third-order valence-electron chi connectivity index (χ3n) is 5.20. The van der Waals surface area contributed by atoms with E-state index in [9.17, 15) is 0 Å². The molecule has 0 spiro atoms. The number of quaternary nitrogens is 1. The van der Waals surface area contributed by atoms with Crippen molar-refractivity contribution in [2.75, 3.05) is 25.4 Å². The van der Waals surface area contributed by atoms with Crippen LogP contribution in [0.15, 0.2) is 36.4 Å². The van der Waals surface area contributed by atoms with Crippen LogP contribution in [0.5, 0.6) is 11.5 Å². The fourth-order valence-electron chi connectivity index (χ4n) is 3.67. The van der Waals surface area contributed by atoms with Crippen LogP contribution in [0.1, 0.15) is 16.8 Å². The molecule has 8 nitrogen and oxygen atoms in total. The van der Waals surface area contributed by atoms with Crippen molar-refractivity contribution in [2.45, 2.75) is 20.4 Å². The number of nitrogens with zero attached hydrogens (tertiary/aromatic N) is 2. The van der Waals surface area contributed by atoms with Crippen molar-refractivity contribution >= 4 is 22.8 Å². The summed E-state index contributed by atoms with van der Waals surface area (Å²) >= 11 is 0. The number of rotatable bonds is 3. The van der Waals surface area contributed by atoms with Crippen LogP contribution < -0.4 is 30.0 Å². The SMILES string of the molecule is Cc1ccc2nc(NC3=[NH+]C[NH+](Cc4ccc5c(c4)OCO5)CN3)nc(C)c2c1. The smallest absolute Gasteiger partial charge is 0.359 e. The summed E-state index contributed by atoms with van der Waals surface area (Å²) in [5, 5.41) is 7.75. The second-order valence-corrected chi connectivity index (χ2v) is 7.47. The summed E-state index contributed by atoms with van der Waals surface area (Å²) in [4.78, 5) is 14.0. The Hall–Kier alpha value is -3.39. The maximum atomic E-state index is 5.47. The molecule has 0 fully saturated rings. The Bertz CT molecular complexity index is 1110. The molecular weight excluding hydrogens is 368 g/mol. The predicted molar refractivity (Wildman–Crippen MR) is 109 cm³/mol. The van der Waals surface area contributed by atoms with Gasteiger partial charge in [-0.2, -0.15) is 4.98 Å². The molecule has 29 heavy (non-hydrogen) atoms. The van der Waals surface area contributed by atoms with Gasteiger partial charge in [0.2, 0.25) is 6.79 Å². The first-order valence-corrected chi connectivity index (χ1v) is 9.73. The molecule has 4 N–H and O–H groups in total. The van der Waals surface area contributed by atoms with E-state index in [1.165, 1.54) is 16.0 Å². The molecule has 2 aliphatic rings. The van der Waals surface area contributed by atoms with Crippen molar-refractivity contribution in [1.29, 1.82) is 0 Å². The molecule has 5 rings (SSSR count). The number of nitrogens with one attached hydrogen (secondary N) is 4. The maximum Gasteiger partial charge on any atom is 0.359 e. The summed E-state index contributed by atoms with van der Waals surface area (Å²) in [7, 11) is 0. The molecular formula is C21H24N6O2+2. The van der Waals surface area contributed by atoms with E-state index in [1.54, 1.807) is 0 Å². The summed E-state index contributed by atoms with van der Waals surface area (Å²) < 4.78 is 10.8. The Labute approximate surface area is 168 Å². The number of hydrogen-bond acceptors (Lipinski definition) is 6. The highest BCUT2D eigenvalue weighted by Crippen LogP contribution is 2.32. The highest BCUT2D eigenvalue weighted by atomic mass is 16.7. The molecule has 148 valence electrons. The molecule has 8 heteroatoms. The molecule has 0 radical (unpaired) electrons. The Balaban J connectivity index is 1.25. The lowest BCUT2D eigenvalue weighted by molar-refractivity contribution is -0.991. The zero-order valence-corrected chi connectivity index (χ0v) is 16.5. The second kappa shape index (κ2) is 7.21. The molecule has 0 saturated carbocycles. The van der Waals surface area contributed by atoms with E-state index in [4.69, 9.17) is 9.47 Å². The number of hydrogen-bond donors (Lipinski definition) is 4. The Morgan fingerprint density at radius 1 is 1.10 bits per heavy atom. The minimum atomic E-state index is 0.304. The number of benzene rings is 2. The third kappa shape index (κ3) is 3.66. The average Bonchev–Trinajstić information content (AvgIpc) is 3.18. The standard InChI is InChI=1S/C21H22N6O2/c1-13-3-5-17-16(7-13)14(2)24-21(25-17)26-20-22-10-27(11-23-20)9-15-4-6-18-19(8-15)29-12-28-18/h3-8H,9-12H2,1-2H3,(H2,22,23,24,25,26)/p+2. The summed E-state index contributed by atoms with van der Waals surface area (Å²) in [6.45, 7) is 6.85. The average molecular weight is 392 g/mol. The van der Waals surface area contributed by atoms with Crippen LogP contribution in [0, 0.1) is 13.8 Å². The second-order valence-electron chi connectivity index (χ2n) is 7.47. The van der Waals surface area contributed by atoms with Gasteiger partial charge in [0, 0.05) is 10.9 Å². The van der Waals surface area contributed by atoms with Crippen LogP contribution in [-0.2, 0) is 6.54 Å². The lowest BCUT2D eigenvalue weighted by atomic mass is 10.1. The zero-order chi connectivity index (χ0) is 19.8. The molecule has 1 aromatic heterocycles. The van der Waals surface area contributed by atoms with E-state index in [2.05, 4.69) is 56.8 Å². The first-order valence-electron chi connectivity index (χ1n) is 9.73. The lowest BCUT2D eigenvalue weighted by Crippen LogP contribution is -3.23.